The average molecular weight is 465 g/mol. The van der Waals surface area contributed by atoms with Gasteiger partial charge >= 0.3 is 0 Å². The summed E-state index contributed by atoms with van der Waals surface area (Å²) in [7, 11) is 0. The van der Waals surface area contributed by atoms with Gasteiger partial charge in [-0.3, -0.25) is 0 Å². The Morgan fingerprint density at radius 3 is 1.74 bits per heavy atom. The highest BCUT2D eigenvalue weighted by Crippen LogP contribution is 2.32. The molecule has 34 heavy (non-hydrogen) atoms. The number of aromatic hydroxyl groups is 1. The van der Waals surface area contributed by atoms with Crippen LogP contribution in [0.4, 0.5) is 23.5 Å². The van der Waals surface area contributed by atoms with E-state index in [9.17, 15) is 5.11 Å². The summed E-state index contributed by atoms with van der Waals surface area (Å²) in [6.45, 7) is 2.44. The molecule has 0 amide bonds. The smallest absolute Gasteiger partial charge is 0.233 e. The molecule has 0 bridgehead atoms. The molecule has 1 aromatic heterocycles. The van der Waals surface area contributed by atoms with E-state index in [0.717, 1.165) is 29.3 Å². The third kappa shape index (κ3) is 4.68. The minimum absolute atomic E-state index is 0.0572. The monoisotopic (exact) mass is 464 g/mol. The number of hydrogen-bond acceptors (Lipinski definition) is 11. The SMILES string of the molecule is N[C@@H]1C[C@H](N)CN(c2nc(Nc3ccc(O)c4ccccc34)nc(N3C[C@H](N)C[C@H](N)C3)n2)C1. The number of phenolic OH excluding ortho intramolecular Hbond substituents is 1. The van der Waals surface area contributed by atoms with Crippen molar-refractivity contribution in [1.82, 2.24) is 15.0 Å². The Hall–Kier alpha value is -3.25. The minimum atomic E-state index is -0.0572. The predicted molar refractivity (Wildman–Crippen MR) is 134 cm³/mol. The molecule has 5 rings (SSSR count). The van der Waals surface area contributed by atoms with Gasteiger partial charge in [0.1, 0.15) is 5.75 Å². The van der Waals surface area contributed by atoms with E-state index in [1.54, 1.807) is 12.1 Å². The first-order valence-corrected chi connectivity index (χ1v) is 11.6. The number of rotatable bonds is 4. The number of fused-ring (bicyclic) bond motifs is 1. The molecule has 3 aromatic rings. The molecule has 0 saturated carbocycles. The second kappa shape index (κ2) is 9.18. The Morgan fingerprint density at radius 2 is 1.21 bits per heavy atom. The van der Waals surface area contributed by atoms with Crippen LogP contribution in [0.15, 0.2) is 36.4 Å². The van der Waals surface area contributed by atoms with E-state index < -0.39 is 0 Å². The molecule has 0 radical (unpaired) electrons. The molecule has 11 heteroatoms. The van der Waals surface area contributed by atoms with Crippen molar-refractivity contribution in [2.45, 2.75) is 37.0 Å². The Labute approximate surface area is 198 Å². The van der Waals surface area contributed by atoms with Gasteiger partial charge in [-0.05, 0) is 25.0 Å². The van der Waals surface area contributed by atoms with Crippen LogP contribution in [0.25, 0.3) is 10.8 Å². The summed E-state index contributed by atoms with van der Waals surface area (Å²) in [6, 6.07) is 10.8. The average Bonchev–Trinajstić information content (AvgIpc) is 2.80. The van der Waals surface area contributed by atoms with E-state index in [1.807, 2.05) is 34.1 Å². The molecule has 0 aliphatic carbocycles. The van der Waals surface area contributed by atoms with Gasteiger partial charge in [-0.1, -0.05) is 24.3 Å². The number of nitrogens with two attached hydrogens (primary N) is 4. The number of piperidine rings is 2. The highest BCUT2D eigenvalue weighted by atomic mass is 16.3. The zero-order chi connectivity index (χ0) is 23.8. The molecule has 180 valence electrons. The number of benzene rings is 2. The van der Waals surface area contributed by atoms with Crippen molar-refractivity contribution >= 4 is 34.3 Å². The number of aromatic nitrogens is 3. The lowest BCUT2D eigenvalue weighted by molar-refractivity contribution is 0.441. The standard InChI is InChI=1S/C23H32N10O/c24-13-7-14(25)10-32(9-13)22-29-21(30-23(31-22)33-11-15(26)8-16(27)12-33)28-19-5-6-20(34)18-4-2-1-3-17(18)19/h1-6,13-16,34H,7-12,24-27H2,(H,28,29,30,31)/t13-,14+,15-,16+. The third-order valence-electron chi connectivity index (χ3n) is 6.36. The zero-order valence-corrected chi connectivity index (χ0v) is 19.0. The van der Waals surface area contributed by atoms with Crippen molar-refractivity contribution in [2.75, 3.05) is 41.3 Å². The van der Waals surface area contributed by atoms with Gasteiger partial charge in [-0.15, -0.1) is 0 Å². The molecule has 0 spiro atoms. The molecular weight excluding hydrogens is 432 g/mol. The molecule has 2 aliphatic rings. The Morgan fingerprint density at radius 1 is 0.706 bits per heavy atom. The number of anilines is 4. The second-order valence-electron chi connectivity index (χ2n) is 9.38. The summed E-state index contributed by atoms with van der Waals surface area (Å²) in [4.78, 5) is 18.2. The fraction of sp³-hybridized carbons (Fsp3) is 0.435. The van der Waals surface area contributed by atoms with Crippen LogP contribution in [0.1, 0.15) is 12.8 Å². The Bertz CT molecular complexity index is 1110. The fourth-order valence-electron chi connectivity index (χ4n) is 4.89. The maximum absolute atomic E-state index is 10.3. The van der Waals surface area contributed by atoms with E-state index in [1.165, 1.54) is 0 Å². The van der Waals surface area contributed by atoms with Crippen molar-refractivity contribution in [1.29, 1.82) is 0 Å². The molecular formula is C23H32N10O. The maximum atomic E-state index is 10.3. The summed E-state index contributed by atoms with van der Waals surface area (Å²) in [5.74, 6) is 1.62. The first-order chi connectivity index (χ1) is 16.4. The molecule has 11 nitrogen and oxygen atoms in total. The fourth-order valence-corrected chi connectivity index (χ4v) is 4.89. The van der Waals surface area contributed by atoms with Crippen LogP contribution in [0.5, 0.6) is 5.75 Å². The van der Waals surface area contributed by atoms with Crippen molar-refractivity contribution in [2.24, 2.45) is 22.9 Å². The van der Waals surface area contributed by atoms with E-state index in [0.29, 0.717) is 44.0 Å². The van der Waals surface area contributed by atoms with Gasteiger partial charge in [0.2, 0.25) is 17.8 Å². The largest absolute Gasteiger partial charge is 0.507 e. The number of hydrogen-bond donors (Lipinski definition) is 6. The molecule has 2 saturated heterocycles. The lowest BCUT2D eigenvalue weighted by Crippen LogP contribution is -2.54. The summed E-state index contributed by atoms with van der Waals surface area (Å²) in [6.07, 6.45) is 1.52. The molecule has 2 aromatic carbocycles. The van der Waals surface area contributed by atoms with Crippen molar-refractivity contribution in [3.05, 3.63) is 36.4 Å². The Kier molecular flexibility index (Phi) is 6.09. The number of nitrogens with one attached hydrogen (secondary N) is 1. The van der Waals surface area contributed by atoms with E-state index in [4.69, 9.17) is 37.9 Å². The minimum Gasteiger partial charge on any atom is -0.507 e. The van der Waals surface area contributed by atoms with Crippen LogP contribution < -0.4 is 38.1 Å². The predicted octanol–water partition coefficient (Wildman–Crippen LogP) is 0.203. The summed E-state index contributed by atoms with van der Waals surface area (Å²) < 4.78 is 0. The third-order valence-corrected chi connectivity index (χ3v) is 6.36. The van der Waals surface area contributed by atoms with Crippen LogP contribution >= 0.6 is 0 Å². The first kappa shape index (κ1) is 22.5. The highest BCUT2D eigenvalue weighted by molar-refractivity contribution is 5.98. The van der Waals surface area contributed by atoms with Crippen LogP contribution in [0.3, 0.4) is 0 Å². The van der Waals surface area contributed by atoms with Crippen LogP contribution in [0, 0.1) is 0 Å². The van der Waals surface area contributed by atoms with Crippen molar-refractivity contribution < 1.29 is 5.11 Å². The number of phenols is 1. The van der Waals surface area contributed by atoms with Gasteiger partial charge in [0, 0.05) is 66.8 Å². The quantitative estimate of drug-likeness (QED) is 0.290. The molecule has 4 atom stereocenters. The molecule has 10 N–H and O–H groups in total. The van der Waals surface area contributed by atoms with Gasteiger partial charge < -0.3 is 43.2 Å². The van der Waals surface area contributed by atoms with Crippen molar-refractivity contribution in [3.8, 4) is 5.75 Å². The molecule has 0 unspecified atom stereocenters. The van der Waals surface area contributed by atoms with Gasteiger partial charge in [0.15, 0.2) is 0 Å². The van der Waals surface area contributed by atoms with Crippen LogP contribution in [-0.2, 0) is 0 Å². The highest BCUT2D eigenvalue weighted by Gasteiger charge is 2.28. The Balaban J connectivity index is 1.54. The van der Waals surface area contributed by atoms with Gasteiger partial charge in [-0.25, -0.2) is 0 Å². The van der Waals surface area contributed by atoms with Gasteiger partial charge in [-0.2, -0.15) is 15.0 Å². The lowest BCUT2D eigenvalue weighted by atomic mass is 10.0. The summed E-state index contributed by atoms with van der Waals surface area (Å²) in [5, 5.41) is 15.2. The molecule has 2 fully saturated rings. The van der Waals surface area contributed by atoms with Crippen LogP contribution in [0.2, 0.25) is 0 Å². The molecule has 2 aliphatic heterocycles. The summed E-state index contributed by atoms with van der Waals surface area (Å²) >= 11 is 0. The van der Waals surface area contributed by atoms with Crippen LogP contribution in [-0.4, -0.2) is 70.4 Å². The van der Waals surface area contributed by atoms with E-state index >= 15 is 0 Å². The molecule has 3 heterocycles. The van der Waals surface area contributed by atoms with Gasteiger partial charge in [0.05, 0.1) is 0 Å². The topological polar surface area (TPSA) is 181 Å². The second-order valence-corrected chi connectivity index (χ2v) is 9.38. The maximum Gasteiger partial charge on any atom is 0.233 e. The zero-order valence-electron chi connectivity index (χ0n) is 19.0. The lowest BCUT2D eigenvalue weighted by Gasteiger charge is -2.37. The van der Waals surface area contributed by atoms with E-state index in [2.05, 4.69) is 5.32 Å². The normalized spacial score (nSPS) is 25.5. The van der Waals surface area contributed by atoms with Crippen molar-refractivity contribution in [3.63, 3.8) is 0 Å². The number of nitrogens with zero attached hydrogens (tertiary/aromatic N) is 5. The van der Waals surface area contributed by atoms with E-state index in [-0.39, 0.29) is 29.9 Å². The van der Waals surface area contributed by atoms with Gasteiger partial charge in [0.25, 0.3) is 0 Å². The first-order valence-electron chi connectivity index (χ1n) is 11.6. The summed E-state index contributed by atoms with van der Waals surface area (Å²) in [5.41, 5.74) is 25.7.